The lowest BCUT2D eigenvalue weighted by Crippen LogP contribution is -2.30. The van der Waals surface area contributed by atoms with Gasteiger partial charge in [-0.25, -0.2) is 0 Å². The van der Waals surface area contributed by atoms with Crippen LogP contribution in [0.2, 0.25) is 0 Å². The number of hydrogen-bond acceptors (Lipinski definition) is 3. The van der Waals surface area contributed by atoms with Crippen molar-refractivity contribution in [2.75, 3.05) is 13.2 Å². The number of carbonyl (C=O) groups is 1. The van der Waals surface area contributed by atoms with Crippen LogP contribution in [0.15, 0.2) is 36.9 Å². The fourth-order valence-corrected chi connectivity index (χ4v) is 1.22. The Morgan fingerprint density at radius 1 is 1.65 bits per heavy atom. The quantitative estimate of drug-likeness (QED) is 0.732. The molecule has 4 heteroatoms. The van der Waals surface area contributed by atoms with E-state index in [1.807, 2.05) is 0 Å². The van der Waals surface area contributed by atoms with Crippen LogP contribution >= 0.6 is 0 Å². The molecule has 1 amide bonds. The molecule has 0 saturated carbocycles. The molecule has 0 aromatic heterocycles. The molecule has 0 fully saturated rings. The third kappa shape index (κ3) is 4.70. The van der Waals surface area contributed by atoms with Gasteiger partial charge < -0.3 is 15.2 Å². The maximum atomic E-state index is 11.7. The Kier molecular flexibility index (Phi) is 5.23. The van der Waals surface area contributed by atoms with E-state index in [-0.39, 0.29) is 12.5 Å². The Morgan fingerprint density at radius 3 is 3.06 bits per heavy atom. The number of nitrogens with one attached hydrogen (secondary N) is 1. The van der Waals surface area contributed by atoms with Crippen molar-refractivity contribution in [3.63, 3.8) is 0 Å². The molecule has 0 saturated heterocycles. The highest BCUT2D eigenvalue weighted by Gasteiger charge is 2.07. The van der Waals surface area contributed by atoms with Crippen molar-refractivity contribution >= 4 is 5.91 Å². The van der Waals surface area contributed by atoms with Gasteiger partial charge in [0.1, 0.15) is 12.4 Å². The van der Waals surface area contributed by atoms with Gasteiger partial charge in [0.25, 0.3) is 5.91 Å². The Hall–Kier alpha value is -1.81. The fourth-order valence-electron chi connectivity index (χ4n) is 1.22. The third-order valence-electron chi connectivity index (χ3n) is 2.02. The number of rotatable bonds is 6. The minimum Gasteiger partial charge on any atom is -0.490 e. The van der Waals surface area contributed by atoms with Gasteiger partial charge >= 0.3 is 0 Å². The first-order valence-electron chi connectivity index (χ1n) is 5.43. The zero-order chi connectivity index (χ0) is 12.7. The SMILES string of the molecule is C=CCOc1cccc(C(=O)NCC(C)O)c1. The number of aliphatic hydroxyl groups excluding tert-OH is 1. The zero-order valence-electron chi connectivity index (χ0n) is 9.85. The summed E-state index contributed by atoms with van der Waals surface area (Å²) in [5.41, 5.74) is 0.507. The fraction of sp³-hybridized carbons (Fsp3) is 0.308. The Morgan fingerprint density at radius 2 is 2.41 bits per heavy atom. The molecule has 1 atom stereocenters. The summed E-state index contributed by atoms with van der Waals surface area (Å²) >= 11 is 0. The topological polar surface area (TPSA) is 58.6 Å². The van der Waals surface area contributed by atoms with Crippen LogP contribution in [0.5, 0.6) is 5.75 Å². The van der Waals surface area contributed by atoms with Crippen LogP contribution in [0.3, 0.4) is 0 Å². The highest BCUT2D eigenvalue weighted by Crippen LogP contribution is 2.13. The lowest BCUT2D eigenvalue weighted by molar-refractivity contribution is 0.0923. The van der Waals surface area contributed by atoms with Crippen LogP contribution < -0.4 is 10.1 Å². The average molecular weight is 235 g/mol. The first-order valence-corrected chi connectivity index (χ1v) is 5.43. The van der Waals surface area contributed by atoms with Gasteiger partial charge in [-0.2, -0.15) is 0 Å². The molecule has 0 spiro atoms. The average Bonchev–Trinajstić information content (AvgIpc) is 2.33. The minimum atomic E-state index is -0.556. The van der Waals surface area contributed by atoms with Gasteiger partial charge in [-0.1, -0.05) is 18.7 Å². The van der Waals surface area contributed by atoms with Crippen LogP contribution in [0, 0.1) is 0 Å². The van der Waals surface area contributed by atoms with Crippen molar-refractivity contribution in [2.45, 2.75) is 13.0 Å². The van der Waals surface area contributed by atoms with Crippen molar-refractivity contribution in [3.05, 3.63) is 42.5 Å². The highest BCUT2D eigenvalue weighted by atomic mass is 16.5. The molecule has 4 nitrogen and oxygen atoms in total. The van der Waals surface area contributed by atoms with Crippen molar-refractivity contribution in [3.8, 4) is 5.75 Å². The predicted octanol–water partition coefficient (Wildman–Crippen LogP) is 1.36. The molecule has 1 rings (SSSR count). The number of ether oxygens (including phenoxy) is 1. The van der Waals surface area contributed by atoms with Crippen molar-refractivity contribution in [1.29, 1.82) is 0 Å². The monoisotopic (exact) mass is 235 g/mol. The van der Waals surface area contributed by atoms with Crippen LogP contribution in [0.25, 0.3) is 0 Å². The predicted molar refractivity (Wildman–Crippen MR) is 66.1 cm³/mol. The maximum absolute atomic E-state index is 11.7. The molecular formula is C13H17NO3. The molecule has 1 aromatic rings. The lowest BCUT2D eigenvalue weighted by Gasteiger charge is -2.08. The van der Waals surface area contributed by atoms with E-state index in [0.717, 1.165) is 0 Å². The van der Waals surface area contributed by atoms with Crippen LogP contribution in [0.1, 0.15) is 17.3 Å². The number of amides is 1. The lowest BCUT2D eigenvalue weighted by atomic mass is 10.2. The second-order valence-electron chi connectivity index (χ2n) is 3.69. The van der Waals surface area contributed by atoms with Gasteiger partial charge in [-0.15, -0.1) is 0 Å². The normalized spacial score (nSPS) is 11.6. The molecule has 0 radical (unpaired) electrons. The molecule has 0 heterocycles. The number of hydrogen-bond donors (Lipinski definition) is 2. The maximum Gasteiger partial charge on any atom is 0.251 e. The summed E-state index contributed by atoms with van der Waals surface area (Å²) in [6.45, 7) is 5.80. The molecular weight excluding hydrogens is 218 g/mol. The molecule has 2 N–H and O–H groups in total. The van der Waals surface area contributed by atoms with Crippen molar-refractivity contribution in [2.24, 2.45) is 0 Å². The highest BCUT2D eigenvalue weighted by molar-refractivity contribution is 5.94. The van der Waals surface area contributed by atoms with E-state index >= 15 is 0 Å². The van der Waals surface area contributed by atoms with E-state index < -0.39 is 6.10 Å². The molecule has 0 bridgehead atoms. The van der Waals surface area contributed by atoms with E-state index in [1.54, 1.807) is 37.3 Å². The summed E-state index contributed by atoms with van der Waals surface area (Å²) in [5.74, 6) is 0.393. The minimum absolute atomic E-state index is 0.227. The summed E-state index contributed by atoms with van der Waals surface area (Å²) in [7, 11) is 0. The van der Waals surface area contributed by atoms with E-state index in [1.165, 1.54) is 0 Å². The molecule has 0 aliphatic carbocycles. The van der Waals surface area contributed by atoms with Crippen molar-refractivity contribution < 1.29 is 14.6 Å². The second-order valence-corrected chi connectivity index (χ2v) is 3.69. The summed E-state index contributed by atoms with van der Waals surface area (Å²) in [6, 6.07) is 6.86. The first kappa shape index (κ1) is 13.3. The summed E-state index contributed by atoms with van der Waals surface area (Å²) in [5, 5.41) is 11.7. The van der Waals surface area contributed by atoms with Crippen LogP contribution in [-0.2, 0) is 0 Å². The number of aliphatic hydroxyl groups is 1. The smallest absolute Gasteiger partial charge is 0.251 e. The largest absolute Gasteiger partial charge is 0.490 e. The zero-order valence-corrected chi connectivity index (χ0v) is 9.85. The Bertz CT molecular complexity index is 388. The van der Waals surface area contributed by atoms with Crippen LogP contribution in [-0.4, -0.2) is 30.3 Å². The first-order chi connectivity index (χ1) is 8.13. The number of carbonyl (C=O) groups excluding carboxylic acids is 1. The van der Waals surface area contributed by atoms with Gasteiger partial charge in [0.15, 0.2) is 0 Å². The Labute approximate surface area is 101 Å². The van der Waals surface area contributed by atoms with Gasteiger partial charge in [0.05, 0.1) is 6.10 Å². The molecule has 0 aliphatic rings. The Balaban J connectivity index is 2.63. The van der Waals surface area contributed by atoms with Gasteiger partial charge in [-0.3, -0.25) is 4.79 Å². The van der Waals surface area contributed by atoms with E-state index in [4.69, 9.17) is 9.84 Å². The summed E-state index contributed by atoms with van der Waals surface area (Å²) in [4.78, 5) is 11.7. The third-order valence-corrected chi connectivity index (χ3v) is 2.02. The second kappa shape index (κ2) is 6.70. The van der Waals surface area contributed by atoms with Crippen molar-refractivity contribution in [1.82, 2.24) is 5.32 Å². The summed E-state index contributed by atoms with van der Waals surface area (Å²) < 4.78 is 5.32. The van der Waals surface area contributed by atoms with E-state index in [0.29, 0.717) is 17.9 Å². The molecule has 1 unspecified atom stereocenters. The molecule has 0 aliphatic heterocycles. The molecule has 1 aromatic carbocycles. The number of benzene rings is 1. The standard InChI is InChI=1S/C13H17NO3/c1-3-7-17-12-6-4-5-11(8-12)13(16)14-9-10(2)15/h3-6,8,10,15H,1,7,9H2,2H3,(H,14,16). The van der Waals surface area contributed by atoms with E-state index in [9.17, 15) is 4.79 Å². The van der Waals surface area contributed by atoms with Gasteiger partial charge in [0, 0.05) is 12.1 Å². The van der Waals surface area contributed by atoms with E-state index in [2.05, 4.69) is 11.9 Å². The van der Waals surface area contributed by atoms with Gasteiger partial charge in [-0.05, 0) is 25.1 Å². The summed E-state index contributed by atoms with van der Waals surface area (Å²) in [6.07, 6.45) is 1.08. The molecule has 92 valence electrons. The molecule has 17 heavy (non-hydrogen) atoms. The van der Waals surface area contributed by atoms with Crippen LogP contribution in [0.4, 0.5) is 0 Å². The van der Waals surface area contributed by atoms with Gasteiger partial charge in [0.2, 0.25) is 0 Å².